The van der Waals surface area contributed by atoms with E-state index in [0.717, 1.165) is 25.0 Å². The summed E-state index contributed by atoms with van der Waals surface area (Å²) in [5.74, 6) is 0.535. The number of anilines is 1. The van der Waals surface area contributed by atoms with E-state index in [0.29, 0.717) is 28.8 Å². The molecule has 1 saturated heterocycles. The van der Waals surface area contributed by atoms with Crippen LogP contribution in [-0.2, 0) is 16.1 Å². The number of ether oxygens (including phenoxy) is 1. The number of carbonyl (C=O) groups is 1. The number of amides is 1. The molecule has 1 aromatic heterocycles. The maximum atomic E-state index is 12.1. The molecule has 5 nitrogen and oxygen atoms in total. The van der Waals surface area contributed by atoms with Crippen molar-refractivity contribution >= 4 is 34.9 Å². The number of nitrogens with zero attached hydrogens (tertiary/aromatic N) is 2. The summed E-state index contributed by atoms with van der Waals surface area (Å²) in [5, 5.41) is 8.25. The molecule has 1 atom stereocenters. The Balaban J connectivity index is 1.68. The van der Waals surface area contributed by atoms with Crippen molar-refractivity contribution in [3.63, 3.8) is 0 Å². The van der Waals surface area contributed by atoms with Crippen LogP contribution in [0.15, 0.2) is 30.5 Å². The van der Waals surface area contributed by atoms with E-state index in [1.54, 1.807) is 35.1 Å². The quantitative estimate of drug-likeness (QED) is 0.890. The van der Waals surface area contributed by atoms with Crippen molar-refractivity contribution in [3.8, 4) is 0 Å². The van der Waals surface area contributed by atoms with E-state index in [-0.39, 0.29) is 12.0 Å². The van der Waals surface area contributed by atoms with E-state index in [1.807, 2.05) is 0 Å². The molecule has 1 aliphatic rings. The van der Waals surface area contributed by atoms with Gasteiger partial charge in [0.2, 0.25) is 5.91 Å². The molecule has 2 aromatic rings. The van der Waals surface area contributed by atoms with Crippen LogP contribution in [0.25, 0.3) is 0 Å². The lowest BCUT2D eigenvalue weighted by atomic mass is 10.2. The summed E-state index contributed by atoms with van der Waals surface area (Å²) in [6, 6.07) is 7.10. The molecule has 1 amide bonds. The highest BCUT2D eigenvalue weighted by atomic mass is 35.5. The predicted octanol–water partition coefficient (Wildman–Crippen LogP) is 3.75. The minimum atomic E-state index is -0.0797. The van der Waals surface area contributed by atoms with E-state index in [2.05, 4.69) is 10.4 Å². The first-order chi connectivity index (χ1) is 11.1. The summed E-state index contributed by atoms with van der Waals surface area (Å²) < 4.78 is 7.15. The highest BCUT2D eigenvalue weighted by Crippen LogP contribution is 2.26. The second kappa shape index (κ2) is 7.34. The number of aromatic nitrogens is 2. The molecule has 0 spiro atoms. The molecule has 0 saturated carbocycles. The predicted molar refractivity (Wildman–Crippen MR) is 90.0 cm³/mol. The second-order valence-corrected chi connectivity index (χ2v) is 6.28. The average molecular weight is 354 g/mol. The minimum Gasteiger partial charge on any atom is -0.378 e. The van der Waals surface area contributed by atoms with Gasteiger partial charge in [0.25, 0.3) is 0 Å². The Morgan fingerprint density at radius 2 is 2.13 bits per heavy atom. The van der Waals surface area contributed by atoms with Gasteiger partial charge >= 0.3 is 0 Å². The van der Waals surface area contributed by atoms with Crippen LogP contribution < -0.4 is 5.32 Å². The zero-order chi connectivity index (χ0) is 16.2. The molecule has 122 valence electrons. The van der Waals surface area contributed by atoms with Crippen LogP contribution in [-0.4, -0.2) is 28.4 Å². The molecule has 23 heavy (non-hydrogen) atoms. The fourth-order valence-corrected chi connectivity index (χ4v) is 3.12. The van der Waals surface area contributed by atoms with Gasteiger partial charge in [-0.1, -0.05) is 29.3 Å². The molecule has 1 fully saturated rings. The Morgan fingerprint density at radius 1 is 1.35 bits per heavy atom. The zero-order valence-corrected chi connectivity index (χ0v) is 14.0. The summed E-state index contributed by atoms with van der Waals surface area (Å²) in [5.41, 5.74) is 0.772. The van der Waals surface area contributed by atoms with Crippen molar-refractivity contribution < 1.29 is 9.53 Å². The maximum Gasteiger partial charge on any atom is 0.228 e. The van der Waals surface area contributed by atoms with Crippen molar-refractivity contribution in [2.24, 2.45) is 0 Å². The van der Waals surface area contributed by atoms with E-state index in [9.17, 15) is 4.79 Å². The van der Waals surface area contributed by atoms with Crippen LogP contribution >= 0.6 is 23.2 Å². The van der Waals surface area contributed by atoms with Gasteiger partial charge in [0.05, 0.1) is 25.3 Å². The molecule has 0 aliphatic carbocycles. The van der Waals surface area contributed by atoms with E-state index in [4.69, 9.17) is 27.9 Å². The maximum absolute atomic E-state index is 12.1. The van der Waals surface area contributed by atoms with Crippen LogP contribution in [0.2, 0.25) is 10.0 Å². The lowest BCUT2D eigenvalue weighted by molar-refractivity contribution is -0.118. The van der Waals surface area contributed by atoms with Crippen molar-refractivity contribution in [1.29, 1.82) is 0 Å². The number of hydrogen-bond donors (Lipinski definition) is 1. The second-order valence-electron chi connectivity index (χ2n) is 5.46. The summed E-state index contributed by atoms with van der Waals surface area (Å²) in [6.07, 6.45) is 3.96. The summed E-state index contributed by atoms with van der Waals surface area (Å²) in [7, 11) is 0. The monoisotopic (exact) mass is 353 g/mol. The third kappa shape index (κ3) is 4.05. The Bertz CT molecular complexity index is 676. The molecule has 7 heteroatoms. The first kappa shape index (κ1) is 16.3. The molecule has 0 radical (unpaired) electrons. The number of rotatable bonds is 5. The highest BCUT2D eigenvalue weighted by Gasteiger charge is 2.20. The van der Waals surface area contributed by atoms with Gasteiger partial charge in [-0.05, 0) is 25.0 Å². The van der Waals surface area contributed by atoms with Crippen LogP contribution in [0.3, 0.4) is 0 Å². The van der Waals surface area contributed by atoms with Gasteiger partial charge in [-0.25, -0.2) is 4.68 Å². The van der Waals surface area contributed by atoms with E-state index >= 15 is 0 Å². The average Bonchev–Trinajstić information content (AvgIpc) is 3.15. The Kier molecular flexibility index (Phi) is 5.20. The van der Waals surface area contributed by atoms with Crippen LogP contribution in [0.4, 0.5) is 5.82 Å². The SMILES string of the molecule is O=C(CC1CCCO1)Nc1ccnn1Cc1c(Cl)cccc1Cl. The van der Waals surface area contributed by atoms with Crippen molar-refractivity contribution in [1.82, 2.24) is 9.78 Å². The minimum absolute atomic E-state index is 0.0179. The highest BCUT2D eigenvalue weighted by molar-refractivity contribution is 6.35. The van der Waals surface area contributed by atoms with Crippen molar-refractivity contribution in [3.05, 3.63) is 46.1 Å². The van der Waals surface area contributed by atoms with Crippen LogP contribution in [0.1, 0.15) is 24.8 Å². The lowest BCUT2D eigenvalue weighted by Gasteiger charge is -2.13. The van der Waals surface area contributed by atoms with E-state index in [1.165, 1.54) is 0 Å². The largest absolute Gasteiger partial charge is 0.378 e. The summed E-state index contributed by atoms with van der Waals surface area (Å²) >= 11 is 12.4. The van der Waals surface area contributed by atoms with Crippen molar-refractivity contribution in [2.45, 2.75) is 31.9 Å². The molecule has 3 rings (SSSR count). The van der Waals surface area contributed by atoms with Crippen LogP contribution in [0, 0.1) is 0 Å². The first-order valence-electron chi connectivity index (χ1n) is 7.49. The fraction of sp³-hybridized carbons (Fsp3) is 0.375. The molecule has 1 N–H and O–H groups in total. The first-order valence-corrected chi connectivity index (χ1v) is 8.25. The molecule has 1 aromatic carbocycles. The molecule has 2 heterocycles. The zero-order valence-electron chi connectivity index (χ0n) is 12.5. The smallest absolute Gasteiger partial charge is 0.228 e. The third-order valence-corrected chi connectivity index (χ3v) is 4.50. The number of nitrogens with one attached hydrogen (secondary N) is 1. The standard InChI is InChI=1S/C16H17Cl2N3O2/c17-13-4-1-5-14(18)12(13)10-21-15(6-7-19-21)20-16(22)9-11-3-2-8-23-11/h1,4-7,11H,2-3,8-10H2,(H,20,22). The molecule has 1 unspecified atom stereocenters. The summed E-state index contributed by atoms with van der Waals surface area (Å²) in [4.78, 5) is 12.1. The van der Waals surface area contributed by atoms with E-state index < -0.39 is 0 Å². The molecular weight excluding hydrogens is 337 g/mol. The number of halogens is 2. The lowest BCUT2D eigenvalue weighted by Crippen LogP contribution is -2.21. The Morgan fingerprint density at radius 3 is 2.83 bits per heavy atom. The van der Waals surface area contributed by atoms with Gasteiger partial charge in [-0.15, -0.1) is 0 Å². The van der Waals surface area contributed by atoms with Gasteiger partial charge in [-0.3, -0.25) is 4.79 Å². The van der Waals surface area contributed by atoms with Gasteiger partial charge in [-0.2, -0.15) is 5.10 Å². The normalized spacial score (nSPS) is 17.4. The van der Waals surface area contributed by atoms with Gasteiger partial charge in [0, 0.05) is 28.3 Å². The molecule has 1 aliphatic heterocycles. The van der Waals surface area contributed by atoms with Crippen LogP contribution in [0.5, 0.6) is 0 Å². The topological polar surface area (TPSA) is 56.1 Å². The van der Waals surface area contributed by atoms with Gasteiger partial charge < -0.3 is 10.1 Å². The number of carbonyl (C=O) groups excluding carboxylic acids is 1. The fourth-order valence-electron chi connectivity index (χ4n) is 2.60. The molecule has 0 bridgehead atoms. The number of hydrogen-bond acceptors (Lipinski definition) is 3. The molecular formula is C16H17Cl2N3O2. The third-order valence-electron chi connectivity index (χ3n) is 3.79. The number of benzene rings is 1. The van der Waals surface area contributed by atoms with Crippen molar-refractivity contribution in [2.75, 3.05) is 11.9 Å². The van der Waals surface area contributed by atoms with Gasteiger partial charge in [0.15, 0.2) is 0 Å². The Hall–Kier alpha value is -1.56. The summed E-state index contributed by atoms with van der Waals surface area (Å²) in [6.45, 7) is 1.13. The van der Waals surface area contributed by atoms with Gasteiger partial charge in [0.1, 0.15) is 5.82 Å². The Labute approximate surface area is 144 Å².